The van der Waals surface area contributed by atoms with E-state index in [9.17, 15) is 0 Å². The summed E-state index contributed by atoms with van der Waals surface area (Å²) in [5.41, 5.74) is 2.91. The molecule has 3 heteroatoms. The zero-order chi connectivity index (χ0) is 14.5. The van der Waals surface area contributed by atoms with Crippen LogP contribution in [0.2, 0.25) is 0 Å². The van der Waals surface area contributed by atoms with Gasteiger partial charge in [0.15, 0.2) is 0 Å². The van der Waals surface area contributed by atoms with Crippen LogP contribution in [0, 0.1) is 0 Å². The Labute approximate surface area is 132 Å². The first-order chi connectivity index (χ1) is 9.65. The smallest absolute Gasteiger partial charge is 0.0448 e. The Morgan fingerprint density at radius 2 is 2.05 bits per heavy atom. The Kier molecular flexibility index (Phi) is 6.31. The predicted molar refractivity (Wildman–Crippen MR) is 95.0 cm³/mol. The van der Waals surface area contributed by atoms with Crippen molar-refractivity contribution in [3.8, 4) is 0 Å². The van der Waals surface area contributed by atoms with Gasteiger partial charge in [-0.25, -0.2) is 0 Å². The van der Waals surface area contributed by atoms with Gasteiger partial charge in [-0.1, -0.05) is 52.0 Å². The molecule has 0 amide bonds. The van der Waals surface area contributed by atoms with Crippen molar-refractivity contribution in [2.24, 2.45) is 0 Å². The van der Waals surface area contributed by atoms with Gasteiger partial charge in [-0.2, -0.15) is 23.5 Å². The first-order valence-corrected chi connectivity index (χ1v) is 9.74. The highest BCUT2D eigenvalue weighted by Crippen LogP contribution is 2.41. The van der Waals surface area contributed by atoms with Gasteiger partial charge in [0.2, 0.25) is 0 Å². The first kappa shape index (κ1) is 16.3. The van der Waals surface area contributed by atoms with Crippen molar-refractivity contribution in [3.05, 3.63) is 35.4 Å². The van der Waals surface area contributed by atoms with Crippen LogP contribution >= 0.6 is 23.5 Å². The molecule has 4 atom stereocenters. The quantitative estimate of drug-likeness (QED) is 0.858. The normalized spacial score (nSPS) is 28.3. The fourth-order valence-corrected chi connectivity index (χ4v) is 5.79. The number of benzene rings is 1. The van der Waals surface area contributed by atoms with Crippen LogP contribution in [0.1, 0.15) is 44.9 Å². The van der Waals surface area contributed by atoms with Crippen LogP contribution in [0.25, 0.3) is 0 Å². The summed E-state index contributed by atoms with van der Waals surface area (Å²) in [7, 11) is 0. The molecule has 1 aromatic rings. The number of nitrogens with one attached hydrogen (secondary N) is 1. The molecule has 0 radical (unpaired) electrons. The summed E-state index contributed by atoms with van der Waals surface area (Å²) >= 11 is 4.30. The van der Waals surface area contributed by atoms with Crippen molar-refractivity contribution in [2.45, 2.75) is 55.9 Å². The van der Waals surface area contributed by atoms with Gasteiger partial charge in [-0.15, -0.1) is 0 Å². The molecule has 0 aromatic heterocycles. The number of thioether (sulfide) groups is 2. The third kappa shape index (κ3) is 3.96. The number of rotatable bonds is 5. The van der Waals surface area contributed by atoms with Gasteiger partial charge in [0.25, 0.3) is 0 Å². The fraction of sp³-hybridized carbons (Fsp3) is 0.647. The second kappa shape index (κ2) is 7.77. The van der Waals surface area contributed by atoms with E-state index in [1.165, 1.54) is 16.9 Å². The zero-order valence-electron chi connectivity index (χ0n) is 13.1. The van der Waals surface area contributed by atoms with Crippen molar-refractivity contribution in [2.75, 3.05) is 12.3 Å². The van der Waals surface area contributed by atoms with Crippen LogP contribution < -0.4 is 5.32 Å². The Morgan fingerprint density at radius 1 is 1.25 bits per heavy atom. The third-order valence-electron chi connectivity index (χ3n) is 4.09. The van der Waals surface area contributed by atoms with E-state index >= 15 is 0 Å². The van der Waals surface area contributed by atoms with E-state index in [1.807, 2.05) is 0 Å². The fourth-order valence-electron chi connectivity index (χ4n) is 2.67. The highest BCUT2D eigenvalue weighted by Gasteiger charge is 2.31. The van der Waals surface area contributed by atoms with Crippen molar-refractivity contribution < 1.29 is 0 Å². The van der Waals surface area contributed by atoms with Crippen LogP contribution in [-0.4, -0.2) is 28.0 Å². The van der Waals surface area contributed by atoms with Gasteiger partial charge in [0.05, 0.1) is 0 Å². The Bertz CT molecular complexity index is 421. The summed E-state index contributed by atoms with van der Waals surface area (Å²) < 4.78 is 0. The summed E-state index contributed by atoms with van der Waals surface area (Å²) in [5.74, 6) is 1.25. The molecular weight excluding hydrogens is 282 g/mol. The molecule has 0 bridgehead atoms. The molecule has 4 unspecified atom stereocenters. The summed E-state index contributed by atoms with van der Waals surface area (Å²) in [6, 6.07) is 9.62. The molecule has 1 aliphatic heterocycles. The van der Waals surface area contributed by atoms with Crippen LogP contribution in [-0.2, 0) is 6.42 Å². The van der Waals surface area contributed by atoms with Crippen LogP contribution in [0.5, 0.6) is 0 Å². The minimum Gasteiger partial charge on any atom is -0.309 e. The highest BCUT2D eigenvalue weighted by atomic mass is 32.2. The standard InChI is InChI=1S/C17H27NS2/c1-5-14-8-7-9-15(10-14)17(18-6-2)16-11-19-12(3)13(4)20-16/h7-10,12-13,16-18H,5-6,11H2,1-4H3. The molecule has 0 saturated carbocycles. The molecule has 1 aliphatic rings. The zero-order valence-corrected chi connectivity index (χ0v) is 14.7. The van der Waals surface area contributed by atoms with Crippen molar-refractivity contribution in [1.82, 2.24) is 5.32 Å². The SMILES string of the molecule is CCNC(c1cccc(CC)c1)C1CSC(C)C(C)S1. The van der Waals surface area contributed by atoms with Gasteiger partial charge in [0, 0.05) is 27.5 Å². The van der Waals surface area contributed by atoms with Crippen molar-refractivity contribution >= 4 is 23.5 Å². The summed E-state index contributed by atoms with van der Waals surface area (Å²) in [6.45, 7) is 10.2. The molecule has 112 valence electrons. The van der Waals surface area contributed by atoms with E-state index in [4.69, 9.17) is 0 Å². The van der Waals surface area contributed by atoms with Crippen LogP contribution in [0.3, 0.4) is 0 Å². The van der Waals surface area contributed by atoms with E-state index in [2.05, 4.69) is 80.8 Å². The molecule has 2 rings (SSSR count). The number of hydrogen-bond acceptors (Lipinski definition) is 3. The van der Waals surface area contributed by atoms with Gasteiger partial charge in [-0.05, 0) is 24.1 Å². The maximum Gasteiger partial charge on any atom is 0.0448 e. The highest BCUT2D eigenvalue weighted by molar-refractivity contribution is 8.07. The molecule has 1 fully saturated rings. The number of hydrogen-bond donors (Lipinski definition) is 1. The van der Waals surface area contributed by atoms with Gasteiger partial charge in [0.1, 0.15) is 0 Å². The third-order valence-corrected chi connectivity index (χ3v) is 7.58. The predicted octanol–water partition coefficient (Wildman–Crippen LogP) is 4.53. The van der Waals surface area contributed by atoms with E-state index in [0.717, 1.165) is 23.5 Å². The summed E-state index contributed by atoms with van der Waals surface area (Å²) in [6.07, 6.45) is 1.12. The molecule has 1 nitrogen and oxygen atoms in total. The van der Waals surface area contributed by atoms with Gasteiger partial charge >= 0.3 is 0 Å². The van der Waals surface area contributed by atoms with E-state index in [-0.39, 0.29) is 0 Å². The van der Waals surface area contributed by atoms with Crippen LogP contribution in [0.4, 0.5) is 0 Å². The van der Waals surface area contributed by atoms with E-state index in [1.54, 1.807) is 0 Å². The van der Waals surface area contributed by atoms with Crippen LogP contribution in [0.15, 0.2) is 24.3 Å². The molecule has 0 aliphatic carbocycles. The maximum atomic E-state index is 3.72. The topological polar surface area (TPSA) is 12.0 Å². The summed E-state index contributed by atoms with van der Waals surface area (Å²) in [4.78, 5) is 0. The minimum absolute atomic E-state index is 0.485. The monoisotopic (exact) mass is 309 g/mol. The van der Waals surface area contributed by atoms with Crippen molar-refractivity contribution in [3.63, 3.8) is 0 Å². The molecule has 0 spiro atoms. The minimum atomic E-state index is 0.485. The largest absolute Gasteiger partial charge is 0.309 e. The van der Waals surface area contributed by atoms with E-state index < -0.39 is 0 Å². The lowest BCUT2D eigenvalue weighted by atomic mass is 10.0. The second-order valence-electron chi connectivity index (χ2n) is 5.55. The lowest BCUT2D eigenvalue weighted by Crippen LogP contribution is -2.37. The Hall–Kier alpha value is -0.120. The van der Waals surface area contributed by atoms with Gasteiger partial charge in [-0.3, -0.25) is 0 Å². The molecule has 1 saturated heterocycles. The molecule has 1 aromatic carbocycles. The Balaban J connectivity index is 2.17. The number of aryl methyl sites for hydroxylation is 1. The lowest BCUT2D eigenvalue weighted by Gasteiger charge is -2.36. The molecule has 20 heavy (non-hydrogen) atoms. The summed E-state index contributed by atoms with van der Waals surface area (Å²) in [5, 5.41) is 5.92. The average Bonchev–Trinajstić information content (AvgIpc) is 2.48. The van der Waals surface area contributed by atoms with Crippen molar-refractivity contribution in [1.29, 1.82) is 0 Å². The lowest BCUT2D eigenvalue weighted by molar-refractivity contribution is 0.547. The second-order valence-corrected chi connectivity index (χ2v) is 8.58. The van der Waals surface area contributed by atoms with Gasteiger partial charge < -0.3 is 5.32 Å². The average molecular weight is 310 g/mol. The first-order valence-electron chi connectivity index (χ1n) is 7.75. The maximum absolute atomic E-state index is 3.72. The Morgan fingerprint density at radius 3 is 2.70 bits per heavy atom. The van der Waals surface area contributed by atoms with E-state index in [0.29, 0.717) is 11.3 Å². The molecule has 1 N–H and O–H groups in total. The molecule has 1 heterocycles. The molecular formula is C17H27NS2.